The van der Waals surface area contributed by atoms with Crippen molar-refractivity contribution >= 4 is 28.9 Å². The summed E-state index contributed by atoms with van der Waals surface area (Å²) in [5.74, 6) is -0.307. The molecule has 2 aromatic heterocycles. The molecular formula is C16H17N5O2S. The lowest BCUT2D eigenvalue weighted by Crippen LogP contribution is -2.14. The maximum atomic E-state index is 11.6. The van der Waals surface area contributed by atoms with Crippen LogP contribution in [0, 0.1) is 6.92 Å². The number of aryl methyl sites for hydroxylation is 1. The number of nitrogens with zero attached hydrogens (tertiary/aromatic N) is 5. The van der Waals surface area contributed by atoms with Crippen LogP contribution in [0.2, 0.25) is 0 Å². The summed E-state index contributed by atoms with van der Waals surface area (Å²) in [6.07, 6.45) is 1.46. The SMILES string of the molecule is COC(=O)[C@H](C)Sc1ncnc2c1nnn2Cc1ccc(C)cc1. The number of hydrogen-bond donors (Lipinski definition) is 0. The predicted octanol–water partition coefficient (Wildman–Crippen LogP) is 2.23. The molecule has 1 aromatic carbocycles. The number of rotatable bonds is 5. The minimum Gasteiger partial charge on any atom is -0.468 e. The van der Waals surface area contributed by atoms with Crippen molar-refractivity contribution in [1.82, 2.24) is 25.0 Å². The first-order chi connectivity index (χ1) is 11.6. The van der Waals surface area contributed by atoms with Crippen molar-refractivity contribution in [3.05, 3.63) is 41.7 Å². The van der Waals surface area contributed by atoms with Crippen LogP contribution in [0.25, 0.3) is 11.2 Å². The highest BCUT2D eigenvalue weighted by molar-refractivity contribution is 8.00. The van der Waals surface area contributed by atoms with Crippen molar-refractivity contribution in [3.8, 4) is 0 Å². The Kier molecular flexibility index (Phi) is 4.75. The minimum absolute atomic E-state index is 0.307. The Morgan fingerprint density at radius 1 is 1.29 bits per heavy atom. The van der Waals surface area contributed by atoms with E-state index in [0.717, 1.165) is 5.56 Å². The van der Waals surface area contributed by atoms with E-state index < -0.39 is 0 Å². The molecule has 7 nitrogen and oxygen atoms in total. The second kappa shape index (κ2) is 6.96. The number of benzene rings is 1. The molecule has 0 saturated heterocycles. The summed E-state index contributed by atoms with van der Waals surface area (Å²) < 4.78 is 6.48. The maximum absolute atomic E-state index is 11.6. The van der Waals surface area contributed by atoms with Gasteiger partial charge in [-0.15, -0.1) is 5.10 Å². The molecule has 3 rings (SSSR count). The molecule has 124 valence electrons. The summed E-state index contributed by atoms with van der Waals surface area (Å²) in [4.78, 5) is 20.1. The summed E-state index contributed by atoms with van der Waals surface area (Å²) in [5, 5.41) is 8.61. The van der Waals surface area contributed by atoms with E-state index >= 15 is 0 Å². The zero-order valence-electron chi connectivity index (χ0n) is 13.6. The Morgan fingerprint density at radius 3 is 2.75 bits per heavy atom. The first kappa shape index (κ1) is 16.4. The van der Waals surface area contributed by atoms with Gasteiger partial charge in [0.1, 0.15) is 16.6 Å². The second-order valence-electron chi connectivity index (χ2n) is 5.37. The zero-order valence-corrected chi connectivity index (χ0v) is 14.4. The molecule has 8 heteroatoms. The number of carbonyl (C=O) groups excluding carboxylic acids is 1. The van der Waals surface area contributed by atoms with E-state index in [1.54, 1.807) is 11.6 Å². The summed E-state index contributed by atoms with van der Waals surface area (Å²) >= 11 is 1.29. The van der Waals surface area contributed by atoms with Crippen LogP contribution in [0.15, 0.2) is 35.6 Å². The zero-order chi connectivity index (χ0) is 17.1. The summed E-state index contributed by atoms with van der Waals surface area (Å²) in [5.41, 5.74) is 3.55. The topological polar surface area (TPSA) is 82.8 Å². The second-order valence-corrected chi connectivity index (χ2v) is 6.70. The molecule has 0 bridgehead atoms. The molecule has 0 N–H and O–H groups in total. The van der Waals surface area contributed by atoms with Crippen LogP contribution in [0.4, 0.5) is 0 Å². The Morgan fingerprint density at radius 2 is 2.04 bits per heavy atom. The third-order valence-corrected chi connectivity index (χ3v) is 4.61. The number of esters is 1. The molecule has 24 heavy (non-hydrogen) atoms. The van der Waals surface area contributed by atoms with Gasteiger partial charge in [0, 0.05) is 0 Å². The first-order valence-electron chi connectivity index (χ1n) is 7.42. The Bertz CT molecular complexity index is 863. The molecule has 0 fully saturated rings. The van der Waals surface area contributed by atoms with Crippen molar-refractivity contribution in [3.63, 3.8) is 0 Å². The molecule has 1 atom stereocenters. The summed E-state index contributed by atoms with van der Waals surface area (Å²) in [6, 6.07) is 8.23. The number of fused-ring (bicyclic) bond motifs is 1. The minimum atomic E-state index is -0.379. The molecular weight excluding hydrogens is 326 g/mol. The average molecular weight is 343 g/mol. The number of hydrogen-bond acceptors (Lipinski definition) is 7. The van der Waals surface area contributed by atoms with Gasteiger partial charge in [-0.2, -0.15) is 0 Å². The van der Waals surface area contributed by atoms with E-state index in [9.17, 15) is 4.79 Å². The lowest BCUT2D eigenvalue weighted by molar-refractivity contribution is -0.139. The maximum Gasteiger partial charge on any atom is 0.318 e. The van der Waals surface area contributed by atoms with E-state index in [4.69, 9.17) is 4.74 Å². The summed E-state index contributed by atoms with van der Waals surface area (Å²) in [7, 11) is 1.37. The van der Waals surface area contributed by atoms with Gasteiger partial charge in [0.05, 0.1) is 13.7 Å². The molecule has 3 aromatic rings. The Balaban J connectivity index is 1.88. The lowest BCUT2D eigenvalue weighted by Gasteiger charge is -2.08. The van der Waals surface area contributed by atoms with Crippen molar-refractivity contribution in [1.29, 1.82) is 0 Å². The highest BCUT2D eigenvalue weighted by Crippen LogP contribution is 2.27. The van der Waals surface area contributed by atoms with Gasteiger partial charge >= 0.3 is 5.97 Å². The molecule has 0 aliphatic heterocycles. The lowest BCUT2D eigenvalue weighted by atomic mass is 10.1. The van der Waals surface area contributed by atoms with Crippen molar-refractivity contribution < 1.29 is 9.53 Å². The quantitative estimate of drug-likeness (QED) is 0.399. The molecule has 2 heterocycles. The van der Waals surface area contributed by atoms with Gasteiger partial charge in [-0.3, -0.25) is 4.79 Å². The largest absolute Gasteiger partial charge is 0.468 e. The van der Waals surface area contributed by atoms with E-state index in [2.05, 4.69) is 44.5 Å². The smallest absolute Gasteiger partial charge is 0.318 e. The Labute approximate surface area is 143 Å². The molecule has 0 aliphatic carbocycles. The van der Waals surface area contributed by atoms with E-state index in [0.29, 0.717) is 22.7 Å². The van der Waals surface area contributed by atoms with Crippen LogP contribution in [-0.2, 0) is 16.1 Å². The third kappa shape index (κ3) is 3.38. The predicted molar refractivity (Wildman–Crippen MR) is 90.7 cm³/mol. The fraction of sp³-hybridized carbons (Fsp3) is 0.312. The number of methoxy groups -OCH3 is 1. The van der Waals surface area contributed by atoms with Crippen molar-refractivity contribution in [2.45, 2.75) is 30.7 Å². The molecule has 0 aliphatic rings. The van der Waals surface area contributed by atoms with Gasteiger partial charge in [0.15, 0.2) is 11.2 Å². The molecule has 0 radical (unpaired) electrons. The highest BCUT2D eigenvalue weighted by Gasteiger charge is 2.19. The number of carbonyl (C=O) groups is 1. The molecule has 0 unspecified atom stereocenters. The van der Waals surface area contributed by atoms with E-state index in [-0.39, 0.29) is 11.2 Å². The van der Waals surface area contributed by atoms with Crippen LogP contribution in [0.5, 0.6) is 0 Å². The number of thioether (sulfide) groups is 1. The third-order valence-electron chi connectivity index (χ3n) is 3.54. The Hall–Kier alpha value is -2.48. The monoisotopic (exact) mass is 343 g/mol. The van der Waals surface area contributed by atoms with E-state index in [1.165, 1.54) is 30.8 Å². The van der Waals surface area contributed by atoms with Crippen LogP contribution < -0.4 is 0 Å². The van der Waals surface area contributed by atoms with Gasteiger partial charge in [-0.25, -0.2) is 14.6 Å². The van der Waals surface area contributed by atoms with Crippen molar-refractivity contribution in [2.24, 2.45) is 0 Å². The molecule has 0 amide bonds. The first-order valence-corrected chi connectivity index (χ1v) is 8.30. The van der Waals surface area contributed by atoms with Gasteiger partial charge in [0.25, 0.3) is 0 Å². The molecule has 0 spiro atoms. The van der Waals surface area contributed by atoms with Crippen LogP contribution in [0.3, 0.4) is 0 Å². The van der Waals surface area contributed by atoms with Gasteiger partial charge in [-0.1, -0.05) is 46.8 Å². The van der Waals surface area contributed by atoms with E-state index in [1.807, 2.05) is 6.92 Å². The fourth-order valence-electron chi connectivity index (χ4n) is 2.21. The summed E-state index contributed by atoms with van der Waals surface area (Å²) in [6.45, 7) is 4.39. The highest BCUT2D eigenvalue weighted by atomic mass is 32.2. The van der Waals surface area contributed by atoms with Gasteiger partial charge < -0.3 is 4.74 Å². The van der Waals surface area contributed by atoms with Gasteiger partial charge in [-0.05, 0) is 19.4 Å². The fourth-order valence-corrected chi connectivity index (χ4v) is 3.09. The molecule has 0 saturated carbocycles. The van der Waals surface area contributed by atoms with Gasteiger partial charge in [0.2, 0.25) is 0 Å². The standard InChI is InChI=1S/C16H17N5O2S/c1-10-4-6-12(7-5-10)8-21-14-13(19-20-21)15(18-9-17-14)24-11(2)16(22)23-3/h4-7,9,11H,8H2,1-3H3/t11-/m0/s1. The van der Waals surface area contributed by atoms with Crippen LogP contribution in [-0.4, -0.2) is 43.3 Å². The number of aromatic nitrogens is 5. The average Bonchev–Trinajstić information content (AvgIpc) is 3.00. The normalized spacial score (nSPS) is 12.3. The van der Waals surface area contributed by atoms with Crippen molar-refractivity contribution in [2.75, 3.05) is 7.11 Å². The van der Waals surface area contributed by atoms with Crippen LogP contribution in [0.1, 0.15) is 18.1 Å². The van der Waals surface area contributed by atoms with Crippen LogP contribution >= 0.6 is 11.8 Å². The number of ether oxygens (including phenoxy) is 1.